The van der Waals surface area contributed by atoms with Gasteiger partial charge in [0.1, 0.15) is 0 Å². The second-order valence-corrected chi connectivity index (χ2v) is 4.95. The highest BCUT2D eigenvalue weighted by Gasteiger charge is 2.31. The van der Waals surface area contributed by atoms with Gasteiger partial charge in [0, 0.05) is 36.0 Å². The van der Waals surface area contributed by atoms with Gasteiger partial charge in [0.25, 0.3) is 0 Å². The van der Waals surface area contributed by atoms with Crippen molar-refractivity contribution in [1.29, 1.82) is 0 Å². The Morgan fingerprint density at radius 2 is 2.28 bits per heavy atom. The Bertz CT molecular complexity index is 532. The van der Waals surface area contributed by atoms with E-state index < -0.39 is 0 Å². The average molecular weight is 242 g/mol. The molecule has 0 aliphatic heterocycles. The summed E-state index contributed by atoms with van der Waals surface area (Å²) in [7, 11) is 1.77. The largest absolute Gasteiger partial charge is 0.383 e. The van der Waals surface area contributed by atoms with Crippen molar-refractivity contribution in [1.82, 2.24) is 4.98 Å². The molecule has 1 aromatic carbocycles. The van der Waals surface area contributed by atoms with Crippen molar-refractivity contribution >= 4 is 16.5 Å². The highest BCUT2D eigenvalue weighted by Crippen LogP contribution is 2.35. The second-order valence-electron chi connectivity index (χ2n) is 4.95. The molecule has 1 saturated carbocycles. The Balaban J connectivity index is 1.88. The highest BCUT2D eigenvalue weighted by atomic mass is 16.5. The smallest absolute Gasteiger partial charge is 0.0666 e. The number of methoxy groups -OCH3 is 1. The van der Waals surface area contributed by atoms with E-state index in [2.05, 4.69) is 34.6 Å². The fourth-order valence-electron chi connectivity index (χ4n) is 2.42. The van der Waals surface area contributed by atoms with Gasteiger partial charge >= 0.3 is 0 Å². The molecule has 94 valence electrons. The van der Waals surface area contributed by atoms with Crippen LogP contribution in [0.2, 0.25) is 0 Å². The SMILES string of the molecule is COCC(Nc1cccc2cnccc12)C1CC1. The fourth-order valence-corrected chi connectivity index (χ4v) is 2.42. The van der Waals surface area contributed by atoms with E-state index in [1.165, 1.54) is 29.3 Å². The van der Waals surface area contributed by atoms with Gasteiger partial charge in [-0.25, -0.2) is 0 Å². The summed E-state index contributed by atoms with van der Waals surface area (Å²) < 4.78 is 5.31. The van der Waals surface area contributed by atoms with Gasteiger partial charge in [0.05, 0.1) is 12.6 Å². The number of pyridine rings is 1. The summed E-state index contributed by atoms with van der Waals surface area (Å²) >= 11 is 0. The van der Waals surface area contributed by atoms with Gasteiger partial charge < -0.3 is 10.1 Å². The van der Waals surface area contributed by atoms with Crippen LogP contribution in [0.15, 0.2) is 36.7 Å². The van der Waals surface area contributed by atoms with Gasteiger partial charge in [-0.2, -0.15) is 0 Å². The van der Waals surface area contributed by atoms with Crippen molar-refractivity contribution in [3.63, 3.8) is 0 Å². The predicted octanol–water partition coefficient (Wildman–Crippen LogP) is 3.07. The van der Waals surface area contributed by atoms with Gasteiger partial charge in [-0.05, 0) is 30.9 Å². The number of aromatic nitrogens is 1. The number of anilines is 1. The standard InChI is InChI=1S/C15H18N2O/c1-18-10-15(11-5-6-11)17-14-4-2-3-12-9-16-8-7-13(12)14/h2-4,7-9,11,15,17H,5-6,10H2,1H3. The molecule has 1 aliphatic rings. The first-order valence-electron chi connectivity index (χ1n) is 6.46. The molecule has 1 unspecified atom stereocenters. The number of hydrogen-bond acceptors (Lipinski definition) is 3. The van der Waals surface area contributed by atoms with E-state index in [9.17, 15) is 0 Å². The topological polar surface area (TPSA) is 34.1 Å². The van der Waals surface area contributed by atoms with E-state index in [0.717, 1.165) is 12.5 Å². The lowest BCUT2D eigenvalue weighted by Gasteiger charge is -2.19. The quantitative estimate of drug-likeness (QED) is 0.875. The Kier molecular flexibility index (Phi) is 3.15. The first-order chi connectivity index (χ1) is 8.88. The van der Waals surface area contributed by atoms with E-state index in [-0.39, 0.29) is 0 Å². The molecule has 0 bridgehead atoms. The van der Waals surface area contributed by atoms with E-state index in [1.807, 2.05) is 12.4 Å². The van der Waals surface area contributed by atoms with E-state index in [0.29, 0.717) is 6.04 Å². The third-order valence-electron chi connectivity index (χ3n) is 3.56. The second kappa shape index (κ2) is 4.94. The number of benzene rings is 1. The number of ether oxygens (including phenoxy) is 1. The molecule has 0 amide bonds. The number of rotatable bonds is 5. The third kappa shape index (κ3) is 2.31. The maximum Gasteiger partial charge on any atom is 0.0666 e. The van der Waals surface area contributed by atoms with Crippen molar-refractivity contribution in [2.24, 2.45) is 5.92 Å². The lowest BCUT2D eigenvalue weighted by Crippen LogP contribution is -2.27. The summed E-state index contributed by atoms with van der Waals surface area (Å²) in [5.41, 5.74) is 1.18. The molecule has 3 nitrogen and oxygen atoms in total. The van der Waals surface area contributed by atoms with E-state index >= 15 is 0 Å². The molecule has 0 spiro atoms. The minimum atomic E-state index is 0.425. The molecule has 3 rings (SSSR count). The summed E-state index contributed by atoms with van der Waals surface area (Å²) in [5.74, 6) is 0.766. The molecule has 1 aliphatic carbocycles. The summed E-state index contributed by atoms with van der Waals surface area (Å²) in [4.78, 5) is 4.16. The van der Waals surface area contributed by atoms with Crippen LogP contribution in [-0.4, -0.2) is 24.7 Å². The zero-order chi connectivity index (χ0) is 12.4. The van der Waals surface area contributed by atoms with E-state index in [1.54, 1.807) is 7.11 Å². The number of fused-ring (bicyclic) bond motifs is 1. The molecule has 2 aromatic rings. The first kappa shape index (κ1) is 11.5. The van der Waals surface area contributed by atoms with Crippen LogP contribution in [0.25, 0.3) is 10.8 Å². The minimum Gasteiger partial charge on any atom is -0.383 e. The Morgan fingerprint density at radius 3 is 3.06 bits per heavy atom. The number of nitrogens with zero attached hydrogens (tertiary/aromatic N) is 1. The molecule has 18 heavy (non-hydrogen) atoms. The van der Waals surface area contributed by atoms with Crippen LogP contribution >= 0.6 is 0 Å². The molecule has 1 aromatic heterocycles. The number of nitrogens with one attached hydrogen (secondary N) is 1. The summed E-state index contributed by atoms with van der Waals surface area (Å²) in [6.45, 7) is 0.770. The van der Waals surface area contributed by atoms with Crippen LogP contribution in [0.4, 0.5) is 5.69 Å². The fraction of sp³-hybridized carbons (Fsp3) is 0.400. The number of hydrogen-bond donors (Lipinski definition) is 1. The summed E-state index contributed by atoms with van der Waals surface area (Å²) in [5, 5.41) is 6.04. The molecule has 0 radical (unpaired) electrons. The lowest BCUT2D eigenvalue weighted by molar-refractivity contribution is 0.179. The van der Waals surface area contributed by atoms with Gasteiger partial charge in [-0.15, -0.1) is 0 Å². The molecule has 1 atom stereocenters. The van der Waals surface area contributed by atoms with Crippen molar-refractivity contribution in [2.45, 2.75) is 18.9 Å². The van der Waals surface area contributed by atoms with Crippen molar-refractivity contribution < 1.29 is 4.74 Å². The molecular weight excluding hydrogens is 224 g/mol. The predicted molar refractivity (Wildman–Crippen MR) is 73.8 cm³/mol. The molecule has 1 fully saturated rings. The zero-order valence-corrected chi connectivity index (χ0v) is 10.6. The Hall–Kier alpha value is -1.61. The molecular formula is C15H18N2O. The zero-order valence-electron chi connectivity index (χ0n) is 10.6. The van der Waals surface area contributed by atoms with Crippen LogP contribution < -0.4 is 5.32 Å². The van der Waals surface area contributed by atoms with Gasteiger partial charge in [0.2, 0.25) is 0 Å². The van der Waals surface area contributed by atoms with Gasteiger partial charge in [-0.1, -0.05) is 12.1 Å². The maximum atomic E-state index is 5.31. The van der Waals surface area contributed by atoms with Crippen LogP contribution in [0, 0.1) is 5.92 Å². The summed E-state index contributed by atoms with van der Waals surface area (Å²) in [6.07, 6.45) is 6.37. The molecule has 3 heteroatoms. The van der Waals surface area contributed by atoms with Crippen molar-refractivity contribution in [3.8, 4) is 0 Å². The third-order valence-corrected chi connectivity index (χ3v) is 3.56. The Labute approximate surface area is 107 Å². The monoisotopic (exact) mass is 242 g/mol. The normalized spacial score (nSPS) is 16.7. The maximum absolute atomic E-state index is 5.31. The van der Waals surface area contributed by atoms with Crippen LogP contribution in [0.3, 0.4) is 0 Å². The van der Waals surface area contributed by atoms with Gasteiger partial charge in [-0.3, -0.25) is 4.98 Å². The summed E-state index contributed by atoms with van der Waals surface area (Å²) in [6, 6.07) is 8.79. The molecule has 1 N–H and O–H groups in total. The minimum absolute atomic E-state index is 0.425. The highest BCUT2D eigenvalue weighted by molar-refractivity contribution is 5.93. The van der Waals surface area contributed by atoms with Crippen LogP contribution in [0.5, 0.6) is 0 Å². The lowest BCUT2D eigenvalue weighted by atomic mass is 10.1. The van der Waals surface area contributed by atoms with Crippen molar-refractivity contribution in [3.05, 3.63) is 36.7 Å². The van der Waals surface area contributed by atoms with Gasteiger partial charge in [0.15, 0.2) is 0 Å². The average Bonchev–Trinajstić information content (AvgIpc) is 3.23. The molecule has 1 heterocycles. The molecule has 0 saturated heterocycles. The van der Waals surface area contributed by atoms with Crippen LogP contribution in [0.1, 0.15) is 12.8 Å². The first-order valence-corrected chi connectivity index (χ1v) is 6.46. The van der Waals surface area contributed by atoms with Crippen LogP contribution in [-0.2, 0) is 4.74 Å². The van der Waals surface area contributed by atoms with Crippen molar-refractivity contribution in [2.75, 3.05) is 19.0 Å². The Morgan fingerprint density at radius 1 is 1.39 bits per heavy atom. The van der Waals surface area contributed by atoms with E-state index in [4.69, 9.17) is 4.74 Å².